The van der Waals surface area contributed by atoms with Gasteiger partial charge in [0.05, 0.1) is 17.9 Å². The molecule has 2 aromatic heterocycles. The summed E-state index contributed by atoms with van der Waals surface area (Å²) in [5.41, 5.74) is 7.65. The van der Waals surface area contributed by atoms with Gasteiger partial charge >= 0.3 is 0 Å². The summed E-state index contributed by atoms with van der Waals surface area (Å²) in [6.07, 6.45) is 0.411. The molecule has 0 fully saturated rings. The molecule has 0 saturated heterocycles. The molecule has 0 spiro atoms. The molecule has 0 aliphatic rings. The Bertz CT molecular complexity index is 830. The fraction of sp³-hybridized carbons (Fsp3) is 0.133. The molecule has 0 aliphatic carbocycles. The Kier molecular flexibility index (Phi) is 3.42. The zero-order valence-corrected chi connectivity index (χ0v) is 12.2. The lowest BCUT2D eigenvalue weighted by atomic mass is 10.1. The standard InChI is InChI=1S/C15H13N5S/c1-9-8-12-13(19-15(17)20-14(12)21-9)18-11-4-2-10(3-5-11)6-7-16/h2-5,8H,6H2,1H3,(H3,17,18,19,20). The average molecular weight is 295 g/mol. The van der Waals surface area contributed by atoms with Gasteiger partial charge in [-0.3, -0.25) is 0 Å². The SMILES string of the molecule is Cc1cc2c(Nc3ccc(CC#N)cc3)nc(N)nc2s1. The lowest BCUT2D eigenvalue weighted by Gasteiger charge is -2.07. The minimum atomic E-state index is 0.257. The summed E-state index contributed by atoms with van der Waals surface area (Å²) < 4.78 is 0. The largest absolute Gasteiger partial charge is 0.368 e. The number of anilines is 3. The van der Waals surface area contributed by atoms with Crippen molar-refractivity contribution in [2.75, 3.05) is 11.1 Å². The molecule has 0 unspecified atom stereocenters. The second-order valence-corrected chi connectivity index (χ2v) is 5.90. The molecule has 3 aromatic rings. The van der Waals surface area contributed by atoms with Gasteiger partial charge in [0, 0.05) is 10.6 Å². The van der Waals surface area contributed by atoms with Crippen molar-refractivity contribution >= 4 is 39.0 Å². The lowest BCUT2D eigenvalue weighted by Crippen LogP contribution is -2.00. The van der Waals surface area contributed by atoms with Crippen LogP contribution in [-0.2, 0) is 6.42 Å². The Labute approximate surface area is 126 Å². The third kappa shape index (κ3) is 2.78. The van der Waals surface area contributed by atoms with Gasteiger partial charge in [-0.1, -0.05) is 12.1 Å². The van der Waals surface area contributed by atoms with Crippen LogP contribution in [0.1, 0.15) is 10.4 Å². The van der Waals surface area contributed by atoms with E-state index in [2.05, 4.69) is 21.4 Å². The Morgan fingerprint density at radius 3 is 2.76 bits per heavy atom. The zero-order valence-electron chi connectivity index (χ0n) is 11.4. The Hall–Kier alpha value is -2.65. The molecular weight excluding hydrogens is 282 g/mol. The summed E-state index contributed by atoms with van der Waals surface area (Å²) in [4.78, 5) is 10.6. The van der Waals surface area contributed by atoms with E-state index in [1.54, 1.807) is 11.3 Å². The van der Waals surface area contributed by atoms with Crippen LogP contribution in [0.5, 0.6) is 0 Å². The van der Waals surface area contributed by atoms with Gasteiger partial charge in [0.15, 0.2) is 0 Å². The normalized spacial score (nSPS) is 10.5. The Balaban J connectivity index is 1.95. The van der Waals surface area contributed by atoms with Gasteiger partial charge in [-0.25, -0.2) is 4.98 Å². The number of hydrogen-bond donors (Lipinski definition) is 2. The van der Waals surface area contributed by atoms with Gasteiger partial charge in [-0.05, 0) is 30.7 Å². The van der Waals surface area contributed by atoms with Gasteiger partial charge in [-0.15, -0.1) is 11.3 Å². The first kappa shape index (κ1) is 13.3. The van der Waals surface area contributed by atoms with Crippen LogP contribution >= 0.6 is 11.3 Å². The van der Waals surface area contributed by atoms with Crippen molar-refractivity contribution in [2.45, 2.75) is 13.3 Å². The van der Waals surface area contributed by atoms with Crippen molar-refractivity contribution in [3.8, 4) is 6.07 Å². The summed E-state index contributed by atoms with van der Waals surface area (Å²) in [6, 6.07) is 11.9. The maximum absolute atomic E-state index is 8.68. The highest BCUT2D eigenvalue weighted by Gasteiger charge is 2.09. The molecule has 2 heterocycles. The number of nitrogen functional groups attached to an aromatic ring is 1. The number of aryl methyl sites for hydroxylation is 1. The van der Waals surface area contributed by atoms with Crippen molar-refractivity contribution in [1.82, 2.24) is 9.97 Å². The first-order valence-electron chi connectivity index (χ1n) is 6.42. The van der Waals surface area contributed by atoms with E-state index >= 15 is 0 Å². The minimum absolute atomic E-state index is 0.257. The van der Waals surface area contributed by atoms with E-state index in [1.807, 2.05) is 37.3 Å². The zero-order chi connectivity index (χ0) is 14.8. The molecule has 0 atom stereocenters. The van der Waals surface area contributed by atoms with Crippen molar-refractivity contribution in [1.29, 1.82) is 5.26 Å². The number of nitrogens with one attached hydrogen (secondary N) is 1. The van der Waals surface area contributed by atoms with Crippen LogP contribution in [0.15, 0.2) is 30.3 Å². The second kappa shape index (κ2) is 5.38. The molecule has 0 bridgehead atoms. The molecule has 6 heteroatoms. The molecule has 21 heavy (non-hydrogen) atoms. The Morgan fingerprint density at radius 2 is 2.05 bits per heavy atom. The van der Waals surface area contributed by atoms with Crippen molar-refractivity contribution in [3.63, 3.8) is 0 Å². The smallest absolute Gasteiger partial charge is 0.223 e. The molecule has 104 valence electrons. The molecule has 0 saturated carbocycles. The molecule has 0 amide bonds. The topological polar surface area (TPSA) is 87.6 Å². The molecule has 1 aromatic carbocycles. The quantitative estimate of drug-likeness (QED) is 0.773. The number of aromatic nitrogens is 2. The first-order valence-corrected chi connectivity index (χ1v) is 7.24. The van der Waals surface area contributed by atoms with Crippen LogP contribution in [-0.4, -0.2) is 9.97 Å². The summed E-state index contributed by atoms with van der Waals surface area (Å²) in [5.74, 6) is 0.961. The van der Waals surface area contributed by atoms with E-state index in [1.165, 1.54) is 0 Å². The third-order valence-electron chi connectivity index (χ3n) is 3.03. The fourth-order valence-electron chi connectivity index (χ4n) is 2.09. The second-order valence-electron chi connectivity index (χ2n) is 4.66. The summed E-state index contributed by atoms with van der Waals surface area (Å²) in [7, 11) is 0. The van der Waals surface area contributed by atoms with E-state index in [0.717, 1.165) is 26.3 Å². The monoisotopic (exact) mass is 295 g/mol. The fourth-order valence-corrected chi connectivity index (χ4v) is 2.97. The predicted octanol–water partition coefficient (Wildman–Crippen LogP) is 3.39. The predicted molar refractivity (Wildman–Crippen MR) is 85.6 cm³/mol. The average Bonchev–Trinajstić information content (AvgIpc) is 2.81. The maximum atomic E-state index is 8.68. The number of hydrogen-bond acceptors (Lipinski definition) is 6. The summed E-state index contributed by atoms with van der Waals surface area (Å²) >= 11 is 1.59. The van der Waals surface area contributed by atoms with E-state index < -0.39 is 0 Å². The van der Waals surface area contributed by atoms with E-state index in [-0.39, 0.29) is 5.95 Å². The molecule has 3 rings (SSSR count). The highest BCUT2D eigenvalue weighted by Crippen LogP contribution is 2.30. The van der Waals surface area contributed by atoms with Crippen LogP contribution in [0.4, 0.5) is 17.5 Å². The van der Waals surface area contributed by atoms with Gasteiger partial charge in [0.25, 0.3) is 0 Å². The van der Waals surface area contributed by atoms with Crippen LogP contribution < -0.4 is 11.1 Å². The van der Waals surface area contributed by atoms with Crippen molar-refractivity contribution in [2.24, 2.45) is 0 Å². The van der Waals surface area contributed by atoms with Gasteiger partial charge in [0.2, 0.25) is 5.95 Å². The van der Waals surface area contributed by atoms with Crippen LogP contribution in [0, 0.1) is 18.3 Å². The van der Waals surface area contributed by atoms with Gasteiger partial charge < -0.3 is 11.1 Å². The van der Waals surface area contributed by atoms with E-state index in [9.17, 15) is 0 Å². The van der Waals surface area contributed by atoms with Crippen LogP contribution in [0.2, 0.25) is 0 Å². The number of rotatable bonds is 3. The molecular formula is C15H13N5S. The highest BCUT2D eigenvalue weighted by molar-refractivity contribution is 7.18. The lowest BCUT2D eigenvalue weighted by molar-refractivity contribution is 1.24. The number of nitriles is 1. The third-order valence-corrected chi connectivity index (χ3v) is 3.98. The number of fused-ring (bicyclic) bond motifs is 1. The van der Waals surface area contributed by atoms with Crippen molar-refractivity contribution < 1.29 is 0 Å². The maximum Gasteiger partial charge on any atom is 0.223 e. The number of benzene rings is 1. The number of nitrogens with two attached hydrogens (primary N) is 1. The molecule has 0 radical (unpaired) electrons. The van der Waals surface area contributed by atoms with Gasteiger partial charge in [0.1, 0.15) is 10.6 Å². The summed E-state index contributed by atoms with van der Waals surface area (Å²) in [6.45, 7) is 2.03. The number of nitrogens with zero attached hydrogens (tertiary/aromatic N) is 3. The van der Waals surface area contributed by atoms with Crippen LogP contribution in [0.25, 0.3) is 10.2 Å². The molecule has 0 aliphatic heterocycles. The Morgan fingerprint density at radius 1 is 1.29 bits per heavy atom. The van der Waals surface area contributed by atoms with E-state index in [0.29, 0.717) is 12.2 Å². The van der Waals surface area contributed by atoms with E-state index in [4.69, 9.17) is 11.0 Å². The number of thiophene rings is 1. The van der Waals surface area contributed by atoms with Crippen molar-refractivity contribution in [3.05, 3.63) is 40.8 Å². The molecule has 5 nitrogen and oxygen atoms in total. The minimum Gasteiger partial charge on any atom is -0.368 e. The molecule has 3 N–H and O–H groups in total. The first-order chi connectivity index (χ1) is 10.2. The van der Waals surface area contributed by atoms with Crippen LogP contribution in [0.3, 0.4) is 0 Å². The van der Waals surface area contributed by atoms with Gasteiger partial charge in [-0.2, -0.15) is 10.2 Å². The summed E-state index contributed by atoms with van der Waals surface area (Å²) in [5, 5.41) is 12.9. The highest BCUT2D eigenvalue weighted by atomic mass is 32.1.